The zero-order chi connectivity index (χ0) is 11.5. The molecule has 1 aromatic rings. The number of hydrogen-bond donors (Lipinski definition) is 1. The van der Waals surface area contributed by atoms with Crippen LogP contribution in [-0.2, 0) is 6.42 Å². The Balaban J connectivity index is 2.52. The third-order valence-corrected chi connectivity index (χ3v) is 2.69. The second-order valence-corrected chi connectivity index (χ2v) is 3.91. The minimum Gasteiger partial charge on any atom is -0.385 e. The van der Waals surface area contributed by atoms with Crippen molar-refractivity contribution >= 4 is 11.9 Å². The number of benzene rings is 1. The van der Waals surface area contributed by atoms with Gasteiger partial charge in [-0.15, -0.1) is 0 Å². The molecule has 16 heavy (non-hydrogen) atoms. The Hall–Kier alpha value is -1.67. The van der Waals surface area contributed by atoms with Crippen LogP contribution in [0.3, 0.4) is 0 Å². The first kappa shape index (κ1) is 10.8. The van der Waals surface area contributed by atoms with Gasteiger partial charge in [-0.25, -0.2) is 0 Å². The van der Waals surface area contributed by atoms with E-state index in [9.17, 15) is 9.90 Å². The molecule has 1 aliphatic carbocycles. The highest BCUT2D eigenvalue weighted by Gasteiger charge is 2.16. The smallest absolute Gasteiger partial charge is 0.191 e. The van der Waals surface area contributed by atoms with E-state index in [1.807, 2.05) is 30.4 Å². The summed E-state index contributed by atoms with van der Waals surface area (Å²) in [7, 11) is 0. The molecule has 2 rings (SSSR count). The van der Waals surface area contributed by atoms with Gasteiger partial charge < -0.3 is 5.11 Å². The van der Waals surface area contributed by atoms with Crippen molar-refractivity contribution in [3.63, 3.8) is 0 Å². The predicted molar refractivity (Wildman–Crippen MR) is 64.3 cm³/mol. The zero-order valence-electron chi connectivity index (χ0n) is 9.18. The van der Waals surface area contributed by atoms with Gasteiger partial charge in [0.15, 0.2) is 5.78 Å². The fourth-order valence-electron chi connectivity index (χ4n) is 1.85. The SMILES string of the molecule is CC(O)C(=O)c1cccc2c1C=CC=CC2. The molecule has 0 radical (unpaired) electrons. The Bertz CT molecular complexity index is 468. The Morgan fingerprint density at radius 2 is 2.19 bits per heavy atom. The van der Waals surface area contributed by atoms with Crippen LogP contribution in [0.25, 0.3) is 6.08 Å². The first-order valence-corrected chi connectivity index (χ1v) is 5.37. The molecule has 0 saturated carbocycles. The van der Waals surface area contributed by atoms with Crippen molar-refractivity contribution in [2.45, 2.75) is 19.4 Å². The van der Waals surface area contributed by atoms with Gasteiger partial charge in [-0.1, -0.05) is 42.5 Å². The van der Waals surface area contributed by atoms with Gasteiger partial charge in [-0.2, -0.15) is 0 Å². The Kier molecular flexibility index (Phi) is 3.02. The number of carbonyl (C=O) groups is 1. The number of allylic oxidation sites excluding steroid dienone is 3. The molecule has 1 N–H and O–H groups in total. The van der Waals surface area contributed by atoms with Crippen LogP contribution >= 0.6 is 0 Å². The molecule has 82 valence electrons. The van der Waals surface area contributed by atoms with Crippen LogP contribution < -0.4 is 0 Å². The molecule has 0 amide bonds. The molecule has 1 unspecified atom stereocenters. The van der Waals surface area contributed by atoms with Crippen LogP contribution in [-0.4, -0.2) is 17.0 Å². The van der Waals surface area contributed by atoms with Crippen molar-refractivity contribution in [1.82, 2.24) is 0 Å². The van der Waals surface area contributed by atoms with E-state index in [2.05, 4.69) is 6.08 Å². The molecule has 2 nitrogen and oxygen atoms in total. The summed E-state index contributed by atoms with van der Waals surface area (Å²) in [4.78, 5) is 11.8. The minimum absolute atomic E-state index is 0.219. The van der Waals surface area contributed by atoms with E-state index in [1.165, 1.54) is 6.92 Å². The second-order valence-electron chi connectivity index (χ2n) is 3.91. The lowest BCUT2D eigenvalue weighted by Crippen LogP contribution is -2.17. The molecule has 1 aromatic carbocycles. The summed E-state index contributed by atoms with van der Waals surface area (Å²) in [6, 6.07) is 5.64. The summed E-state index contributed by atoms with van der Waals surface area (Å²) in [5.74, 6) is -0.219. The number of hydrogen-bond acceptors (Lipinski definition) is 2. The second kappa shape index (κ2) is 4.45. The number of aliphatic hydroxyl groups excluding tert-OH is 1. The number of rotatable bonds is 2. The lowest BCUT2D eigenvalue weighted by molar-refractivity contribution is 0.0779. The quantitative estimate of drug-likeness (QED) is 0.767. The lowest BCUT2D eigenvalue weighted by atomic mass is 9.95. The highest BCUT2D eigenvalue weighted by molar-refractivity contribution is 6.02. The Morgan fingerprint density at radius 1 is 1.38 bits per heavy atom. The van der Waals surface area contributed by atoms with Gasteiger partial charge in [-0.05, 0) is 24.5 Å². The Morgan fingerprint density at radius 3 is 2.94 bits per heavy atom. The predicted octanol–water partition coefficient (Wildman–Crippen LogP) is 2.38. The summed E-state index contributed by atoms with van der Waals surface area (Å²) < 4.78 is 0. The summed E-state index contributed by atoms with van der Waals surface area (Å²) >= 11 is 0. The lowest BCUT2D eigenvalue weighted by Gasteiger charge is -2.10. The normalized spacial score (nSPS) is 15.4. The van der Waals surface area contributed by atoms with E-state index < -0.39 is 6.10 Å². The van der Waals surface area contributed by atoms with Gasteiger partial charge in [-0.3, -0.25) is 4.79 Å². The van der Waals surface area contributed by atoms with Gasteiger partial charge in [0, 0.05) is 5.56 Å². The fraction of sp³-hybridized carbons (Fsp3) is 0.214. The molecule has 0 saturated heterocycles. The number of Topliss-reactive ketones (excluding diaryl/α,β-unsaturated/α-hetero) is 1. The largest absolute Gasteiger partial charge is 0.385 e. The highest BCUT2D eigenvalue weighted by Crippen LogP contribution is 2.21. The molecular weight excluding hydrogens is 200 g/mol. The molecule has 0 spiro atoms. The van der Waals surface area contributed by atoms with E-state index in [0.717, 1.165) is 17.5 Å². The van der Waals surface area contributed by atoms with Crippen molar-refractivity contribution < 1.29 is 9.90 Å². The molecule has 2 heteroatoms. The number of carbonyl (C=O) groups excluding carboxylic acids is 1. The minimum atomic E-state index is -0.948. The fourth-order valence-corrected chi connectivity index (χ4v) is 1.85. The topological polar surface area (TPSA) is 37.3 Å². The summed E-state index contributed by atoms with van der Waals surface area (Å²) in [5.41, 5.74) is 2.65. The molecule has 0 bridgehead atoms. The number of aliphatic hydroxyl groups is 1. The van der Waals surface area contributed by atoms with Gasteiger partial charge >= 0.3 is 0 Å². The molecule has 0 aromatic heterocycles. The summed E-state index contributed by atoms with van der Waals surface area (Å²) in [6.07, 6.45) is 7.74. The maximum absolute atomic E-state index is 11.8. The van der Waals surface area contributed by atoms with Gasteiger partial charge in [0.1, 0.15) is 6.10 Å². The molecule has 1 aliphatic rings. The van der Waals surface area contributed by atoms with Crippen LogP contribution in [0.15, 0.2) is 36.4 Å². The van der Waals surface area contributed by atoms with E-state index in [4.69, 9.17) is 0 Å². The average molecular weight is 214 g/mol. The van der Waals surface area contributed by atoms with E-state index in [1.54, 1.807) is 6.07 Å². The van der Waals surface area contributed by atoms with Crippen molar-refractivity contribution in [2.75, 3.05) is 0 Å². The molecule has 0 fully saturated rings. The maximum atomic E-state index is 11.8. The maximum Gasteiger partial charge on any atom is 0.191 e. The van der Waals surface area contributed by atoms with E-state index in [-0.39, 0.29) is 5.78 Å². The van der Waals surface area contributed by atoms with Gasteiger partial charge in [0.2, 0.25) is 0 Å². The van der Waals surface area contributed by atoms with Crippen LogP contribution in [0.2, 0.25) is 0 Å². The zero-order valence-corrected chi connectivity index (χ0v) is 9.18. The van der Waals surface area contributed by atoms with Gasteiger partial charge in [0.25, 0.3) is 0 Å². The van der Waals surface area contributed by atoms with Crippen LogP contribution in [0.5, 0.6) is 0 Å². The standard InChI is InChI=1S/C14H14O2/c1-10(15)14(16)13-9-5-7-11-6-3-2-4-8-12(11)13/h2-5,7-10,15H,6H2,1H3. The number of ketones is 1. The van der Waals surface area contributed by atoms with Crippen LogP contribution in [0.4, 0.5) is 0 Å². The molecule has 1 atom stereocenters. The van der Waals surface area contributed by atoms with Crippen molar-refractivity contribution in [1.29, 1.82) is 0 Å². The average Bonchev–Trinajstić information content (AvgIpc) is 2.52. The van der Waals surface area contributed by atoms with E-state index in [0.29, 0.717) is 5.56 Å². The van der Waals surface area contributed by atoms with Crippen molar-refractivity contribution in [3.8, 4) is 0 Å². The third kappa shape index (κ3) is 1.97. The summed E-state index contributed by atoms with van der Waals surface area (Å²) in [6.45, 7) is 1.50. The van der Waals surface area contributed by atoms with Crippen LogP contribution in [0, 0.1) is 0 Å². The number of fused-ring (bicyclic) bond motifs is 1. The van der Waals surface area contributed by atoms with Gasteiger partial charge in [0.05, 0.1) is 0 Å². The Labute approximate surface area is 94.9 Å². The first-order valence-electron chi connectivity index (χ1n) is 5.37. The van der Waals surface area contributed by atoms with Crippen molar-refractivity contribution in [3.05, 3.63) is 53.1 Å². The molecule has 0 aliphatic heterocycles. The molecular formula is C14H14O2. The molecule has 0 heterocycles. The van der Waals surface area contributed by atoms with Crippen LogP contribution in [0.1, 0.15) is 28.4 Å². The third-order valence-electron chi connectivity index (χ3n) is 2.69. The highest BCUT2D eigenvalue weighted by atomic mass is 16.3. The van der Waals surface area contributed by atoms with E-state index >= 15 is 0 Å². The van der Waals surface area contributed by atoms with Crippen molar-refractivity contribution in [2.24, 2.45) is 0 Å². The monoisotopic (exact) mass is 214 g/mol. The summed E-state index contributed by atoms with van der Waals surface area (Å²) in [5, 5.41) is 9.36. The first-order chi connectivity index (χ1) is 7.70.